The summed E-state index contributed by atoms with van der Waals surface area (Å²) in [5.74, 6) is -0.679. The molecule has 0 fully saturated rings. The van der Waals surface area contributed by atoms with Crippen LogP contribution in [-0.4, -0.2) is 21.8 Å². The van der Waals surface area contributed by atoms with E-state index in [4.69, 9.17) is 0 Å². The average molecular weight is 440 g/mol. The Morgan fingerprint density at radius 1 is 0.769 bits per heavy atom. The molecule has 0 bridgehead atoms. The van der Waals surface area contributed by atoms with Crippen LogP contribution in [0.4, 0.5) is 5.69 Å². The smallest absolute Gasteiger partial charge is 0.693 e. The van der Waals surface area contributed by atoms with E-state index >= 15 is 0 Å². The first kappa shape index (κ1) is 25.6. The second-order valence-corrected chi connectivity index (χ2v) is 4.72. The third-order valence-electron chi connectivity index (χ3n) is 3.49. The summed E-state index contributed by atoms with van der Waals surface area (Å²) in [4.78, 5) is 33.8. The Labute approximate surface area is 163 Å². The molecule has 0 saturated heterocycles. The van der Waals surface area contributed by atoms with Crippen LogP contribution < -0.4 is 4.90 Å². The minimum absolute atomic E-state index is 0. The Hall–Kier alpha value is -2.62. The Morgan fingerprint density at radius 3 is 1.92 bits per heavy atom. The van der Waals surface area contributed by atoms with Gasteiger partial charge in [0.2, 0.25) is 0 Å². The number of anilines is 1. The number of hydrogen-bond donors (Lipinski definition) is 0. The van der Waals surface area contributed by atoms with E-state index in [9.17, 15) is 9.59 Å². The molecule has 3 heterocycles. The fraction of sp³-hybridized carbons (Fsp3) is 0. The number of nitrogens with two attached hydrogens (primary N) is 4. The largest absolute Gasteiger partial charge is 4.00 e. The Kier molecular flexibility index (Phi) is 9.62. The van der Waals surface area contributed by atoms with E-state index in [0.29, 0.717) is 11.2 Å². The van der Waals surface area contributed by atoms with Crippen LogP contribution >= 0.6 is 0 Å². The quantitative estimate of drug-likeness (QED) is 0.289. The maximum atomic E-state index is 11.9. The van der Waals surface area contributed by atoms with Gasteiger partial charge in [0.1, 0.15) is 0 Å². The first-order valence-corrected chi connectivity index (χ1v) is 6.44. The number of imide groups is 1. The monoisotopic (exact) mass is 441 g/mol. The molecular weight excluding hydrogens is 423 g/mol. The van der Waals surface area contributed by atoms with E-state index in [1.807, 2.05) is 18.2 Å². The SMILES string of the molecule is O=C1C=CC(=O)N1c1cc2cccnc2c2ncccc12.[NH2-].[NH2-].[NH2-].[NH2-].[Ru+4]. The van der Waals surface area contributed by atoms with Gasteiger partial charge in [-0.05, 0) is 24.3 Å². The van der Waals surface area contributed by atoms with Crippen LogP contribution in [0, 0.1) is 0 Å². The van der Waals surface area contributed by atoms with Gasteiger partial charge >= 0.3 is 19.5 Å². The molecule has 1 aliphatic rings. The van der Waals surface area contributed by atoms with Crippen molar-refractivity contribution in [2.24, 2.45) is 0 Å². The van der Waals surface area contributed by atoms with Crippen molar-refractivity contribution >= 4 is 39.3 Å². The van der Waals surface area contributed by atoms with Gasteiger partial charge in [0.15, 0.2) is 0 Å². The molecule has 9 nitrogen and oxygen atoms in total. The first-order chi connectivity index (χ1) is 10.3. The number of carbonyl (C=O) groups is 2. The second kappa shape index (κ2) is 9.76. The van der Waals surface area contributed by atoms with E-state index in [0.717, 1.165) is 21.2 Å². The summed E-state index contributed by atoms with van der Waals surface area (Å²) in [5.41, 5.74) is 1.97. The molecule has 0 saturated carbocycles. The molecule has 4 rings (SSSR count). The van der Waals surface area contributed by atoms with Gasteiger partial charge < -0.3 is 24.6 Å². The summed E-state index contributed by atoms with van der Waals surface area (Å²) in [7, 11) is 0. The van der Waals surface area contributed by atoms with Crippen LogP contribution in [0.5, 0.6) is 0 Å². The zero-order chi connectivity index (χ0) is 14.4. The third-order valence-corrected chi connectivity index (χ3v) is 3.49. The number of nitrogens with zero attached hydrogens (tertiary/aromatic N) is 3. The summed E-state index contributed by atoms with van der Waals surface area (Å²) in [5, 5.41) is 1.57. The van der Waals surface area contributed by atoms with Crippen LogP contribution in [0.2, 0.25) is 0 Å². The first-order valence-electron chi connectivity index (χ1n) is 6.44. The number of aromatic nitrogens is 2. The molecule has 2 amide bonds. The van der Waals surface area contributed by atoms with Crippen molar-refractivity contribution in [1.82, 2.24) is 9.97 Å². The molecule has 26 heavy (non-hydrogen) atoms. The molecule has 1 aliphatic heterocycles. The zero-order valence-electron chi connectivity index (χ0n) is 13.5. The number of amides is 2. The van der Waals surface area contributed by atoms with E-state index in [1.165, 1.54) is 12.2 Å². The number of hydrogen-bond acceptors (Lipinski definition) is 4. The molecule has 136 valence electrons. The van der Waals surface area contributed by atoms with Gasteiger partial charge in [-0.15, -0.1) is 0 Å². The normalized spacial score (nSPS) is 11.8. The summed E-state index contributed by atoms with van der Waals surface area (Å²) >= 11 is 0. The van der Waals surface area contributed by atoms with Crippen LogP contribution in [0.3, 0.4) is 0 Å². The van der Waals surface area contributed by atoms with Crippen molar-refractivity contribution in [3.8, 4) is 0 Å². The van der Waals surface area contributed by atoms with Gasteiger partial charge in [0, 0.05) is 35.3 Å². The van der Waals surface area contributed by atoms with E-state index < -0.39 is 0 Å². The van der Waals surface area contributed by atoms with E-state index in [2.05, 4.69) is 9.97 Å². The Bertz CT molecular complexity index is 944. The summed E-state index contributed by atoms with van der Waals surface area (Å²) in [6, 6.07) is 9.12. The maximum absolute atomic E-state index is 11.9. The molecule has 1 aromatic carbocycles. The predicted octanol–water partition coefficient (Wildman–Crippen LogP) is 5.08. The van der Waals surface area contributed by atoms with E-state index in [1.54, 1.807) is 24.5 Å². The number of rotatable bonds is 1. The molecule has 0 unspecified atom stereocenters. The predicted molar refractivity (Wildman–Crippen MR) is 99.8 cm³/mol. The van der Waals surface area contributed by atoms with Crippen LogP contribution in [0.15, 0.2) is 54.9 Å². The minimum Gasteiger partial charge on any atom is -0.693 e. The van der Waals surface area contributed by atoms with Crippen molar-refractivity contribution < 1.29 is 29.1 Å². The topological polar surface area (TPSA) is 197 Å². The molecule has 10 heteroatoms. The third kappa shape index (κ3) is 3.80. The molecule has 3 aromatic rings. The molecule has 8 N–H and O–H groups in total. The fourth-order valence-electron chi connectivity index (χ4n) is 2.58. The van der Waals surface area contributed by atoms with Crippen molar-refractivity contribution in [1.29, 1.82) is 0 Å². The molecular formula is C16H17N7O2Ru. The average Bonchev–Trinajstić information content (AvgIpc) is 2.85. The molecule has 0 spiro atoms. The Morgan fingerprint density at radius 2 is 1.31 bits per heavy atom. The molecule has 0 atom stereocenters. The summed E-state index contributed by atoms with van der Waals surface area (Å²) in [6.07, 6.45) is 5.92. The number of pyridine rings is 2. The van der Waals surface area contributed by atoms with Gasteiger partial charge in [-0.1, -0.05) is 6.07 Å². The van der Waals surface area contributed by atoms with Crippen molar-refractivity contribution in [2.75, 3.05) is 4.90 Å². The zero-order valence-corrected chi connectivity index (χ0v) is 15.3. The molecule has 2 aromatic heterocycles. The van der Waals surface area contributed by atoms with Crippen molar-refractivity contribution in [3.63, 3.8) is 0 Å². The van der Waals surface area contributed by atoms with Crippen LogP contribution in [0.25, 0.3) is 46.4 Å². The fourth-order valence-corrected chi connectivity index (χ4v) is 2.58. The number of carbonyl (C=O) groups excluding carboxylic acids is 2. The van der Waals surface area contributed by atoms with Crippen LogP contribution in [0.1, 0.15) is 0 Å². The summed E-state index contributed by atoms with van der Waals surface area (Å²) < 4.78 is 0. The van der Waals surface area contributed by atoms with Gasteiger partial charge in [0.05, 0.1) is 16.7 Å². The van der Waals surface area contributed by atoms with Gasteiger partial charge in [-0.25, -0.2) is 4.90 Å². The number of benzene rings is 1. The van der Waals surface area contributed by atoms with E-state index in [-0.39, 0.29) is 55.9 Å². The van der Waals surface area contributed by atoms with Crippen molar-refractivity contribution in [3.05, 3.63) is 79.5 Å². The van der Waals surface area contributed by atoms with Crippen molar-refractivity contribution in [2.45, 2.75) is 0 Å². The van der Waals surface area contributed by atoms with Gasteiger partial charge in [0.25, 0.3) is 11.8 Å². The Balaban J connectivity index is 0. The van der Waals surface area contributed by atoms with Crippen LogP contribution in [-0.2, 0) is 29.1 Å². The van der Waals surface area contributed by atoms with Gasteiger partial charge in [-0.3, -0.25) is 19.6 Å². The minimum atomic E-state index is -0.339. The number of fused-ring (bicyclic) bond motifs is 3. The maximum Gasteiger partial charge on any atom is 4.00 e. The second-order valence-electron chi connectivity index (χ2n) is 4.72. The summed E-state index contributed by atoms with van der Waals surface area (Å²) in [6.45, 7) is 0. The molecule has 0 radical (unpaired) electrons. The molecule has 0 aliphatic carbocycles. The standard InChI is InChI=1S/C16H9N3O2.4H2N.Ru/c20-13-5-6-14(21)19(13)12-9-10-3-1-7-17-15(10)16-11(12)4-2-8-18-16;;;;;/h1-9H;4*1H2;/q;4*-1;+4. The van der Waals surface area contributed by atoms with Gasteiger partial charge in [-0.2, -0.15) is 0 Å².